The van der Waals surface area contributed by atoms with Crippen LogP contribution in [0.2, 0.25) is 0 Å². The normalized spacial score (nSPS) is 19.6. The maximum absolute atomic E-state index is 12.8. The van der Waals surface area contributed by atoms with Crippen molar-refractivity contribution in [2.45, 2.75) is 58.5 Å². The third-order valence-corrected chi connectivity index (χ3v) is 4.95. The van der Waals surface area contributed by atoms with Crippen LogP contribution < -0.4 is 20.9 Å². The van der Waals surface area contributed by atoms with Crippen LogP contribution in [0.1, 0.15) is 52.0 Å². The van der Waals surface area contributed by atoms with Crippen LogP contribution in [-0.2, 0) is 9.59 Å². The molecule has 0 bridgehead atoms. The van der Waals surface area contributed by atoms with E-state index < -0.39 is 6.03 Å². The fourth-order valence-corrected chi connectivity index (χ4v) is 3.34. The lowest BCUT2D eigenvalue weighted by Gasteiger charge is -2.40. The first-order valence-corrected chi connectivity index (χ1v) is 9.60. The van der Waals surface area contributed by atoms with Gasteiger partial charge in [0, 0.05) is 24.3 Å². The summed E-state index contributed by atoms with van der Waals surface area (Å²) >= 11 is 0. The highest BCUT2D eigenvalue weighted by Crippen LogP contribution is 2.38. The monoisotopic (exact) mass is 374 g/mol. The lowest BCUT2D eigenvalue weighted by molar-refractivity contribution is -0.123. The van der Waals surface area contributed by atoms with Crippen molar-refractivity contribution in [1.29, 1.82) is 0 Å². The molecule has 0 spiro atoms. The Hall–Kier alpha value is -2.57. The number of amides is 4. The van der Waals surface area contributed by atoms with E-state index in [1.165, 1.54) is 0 Å². The molecule has 7 nitrogen and oxygen atoms in total. The molecule has 1 aliphatic heterocycles. The molecule has 0 radical (unpaired) electrons. The molecular formula is C20H30N4O3. The summed E-state index contributed by atoms with van der Waals surface area (Å²) in [7, 11) is 0. The topological polar surface area (TPSA) is 90.5 Å². The third kappa shape index (κ3) is 5.21. The Kier molecular flexibility index (Phi) is 7.21. The highest BCUT2D eigenvalue weighted by atomic mass is 16.2. The van der Waals surface area contributed by atoms with Crippen LogP contribution in [0, 0.1) is 0 Å². The molecular weight excluding hydrogens is 344 g/mol. The highest BCUT2D eigenvalue weighted by Gasteiger charge is 2.35. The molecule has 3 atom stereocenters. The Bertz CT molecular complexity index is 692. The summed E-state index contributed by atoms with van der Waals surface area (Å²) in [5, 5.41) is 7.95. The zero-order valence-corrected chi connectivity index (χ0v) is 16.5. The molecule has 0 saturated heterocycles. The molecule has 1 aromatic rings. The summed E-state index contributed by atoms with van der Waals surface area (Å²) in [4.78, 5) is 38.6. The van der Waals surface area contributed by atoms with E-state index in [1.54, 1.807) is 6.92 Å². The number of imide groups is 1. The third-order valence-electron chi connectivity index (χ3n) is 4.95. The summed E-state index contributed by atoms with van der Waals surface area (Å²) in [5.74, 6) is -0.590. The molecule has 148 valence electrons. The van der Waals surface area contributed by atoms with Gasteiger partial charge in [0.25, 0.3) is 0 Å². The SMILES string of the molecule is CCNC(=O)NC(=O)CN1c2ccccc2[C@H](C(=O)N[C@@H](C)CC)C[C@H]1C. The molecule has 0 unspecified atom stereocenters. The average Bonchev–Trinajstić information content (AvgIpc) is 2.63. The van der Waals surface area contributed by atoms with Gasteiger partial charge in [-0.05, 0) is 45.2 Å². The van der Waals surface area contributed by atoms with E-state index in [1.807, 2.05) is 49.9 Å². The molecule has 3 N–H and O–H groups in total. The Balaban J connectivity index is 2.18. The number of hydrogen-bond acceptors (Lipinski definition) is 4. The summed E-state index contributed by atoms with van der Waals surface area (Å²) in [6.45, 7) is 8.34. The Morgan fingerprint density at radius 1 is 1.22 bits per heavy atom. The van der Waals surface area contributed by atoms with Crippen molar-refractivity contribution in [2.24, 2.45) is 0 Å². The zero-order valence-electron chi connectivity index (χ0n) is 16.5. The minimum atomic E-state index is -0.494. The van der Waals surface area contributed by atoms with Gasteiger partial charge in [-0.25, -0.2) is 4.79 Å². The second kappa shape index (κ2) is 9.39. The van der Waals surface area contributed by atoms with Crippen molar-refractivity contribution in [3.63, 3.8) is 0 Å². The number of nitrogens with zero attached hydrogens (tertiary/aromatic N) is 1. The maximum atomic E-state index is 12.8. The second-order valence-corrected chi connectivity index (χ2v) is 7.05. The first-order chi connectivity index (χ1) is 12.9. The van der Waals surface area contributed by atoms with Crippen LogP contribution in [0.25, 0.3) is 0 Å². The van der Waals surface area contributed by atoms with Crippen molar-refractivity contribution in [3.05, 3.63) is 29.8 Å². The molecule has 1 heterocycles. The van der Waals surface area contributed by atoms with Crippen LogP contribution in [0.15, 0.2) is 24.3 Å². The molecule has 0 fully saturated rings. The van der Waals surface area contributed by atoms with Crippen LogP contribution in [-0.4, -0.2) is 43.0 Å². The smallest absolute Gasteiger partial charge is 0.321 e. The van der Waals surface area contributed by atoms with E-state index in [0.29, 0.717) is 13.0 Å². The van der Waals surface area contributed by atoms with E-state index in [9.17, 15) is 14.4 Å². The molecule has 1 aromatic carbocycles. The van der Waals surface area contributed by atoms with Gasteiger partial charge >= 0.3 is 6.03 Å². The van der Waals surface area contributed by atoms with Gasteiger partial charge in [0.1, 0.15) is 0 Å². The van der Waals surface area contributed by atoms with Gasteiger partial charge in [0.05, 0.1) is 12.5 Å². The summed E-state index contributed by atoms with van der Waals surface area (Å²) < 4.78 is 0. The minimum absolute atomic E-state index is 0.00688. The summed E-state index contributed by atoms with van der Waals surface area (Å²) in [5.41, 5.74) is 1.79. The van der Waals surface area contributed by atoms with Crippen molar-refractivity contribution in [2.75, 3.05) is 18.0 Å². The number of carbonyl (C=O) groups is 3. The number of carbonyl (C=O) groups excluding carboxylic acids is 3. The van der Waals surface area contributed by atoms with Gasteiger partial charge < -0.3 is 15.5 Å². The Morgan fingerprint density at radius 3 is 2.59 bits per heavy atom. The second-order valence-electron chi connectivity index (χ2n) is 7.05. The average molecular weight is 374 g/mol. The van der Waals surface area contributed by atoms with E-state index >= 15 is 0 Å². The first-order valence-electron chi connectivity index (χ1n) is 9.60. The Labute approximate surface area is 160 Å². The van der Waals surface area contributed by atoms with Crippen LogP contribution >= 0.6 is 0 Å². The largest absolute Gasteiger partial charge is 0.359 e. The van der Waals surface area contributed by atoms with Crippen molar-refractivity contribution >= 4 is 23.5 Å². The van der Waals surface area contributed by atoms with Crippen molar-refractivity contribution in [1.82, 2.24) is 16.0 Å². The number of anilines is 1. The molecule has 0 aliphatic carbocycles. The first kappa shape index (κ1) is 20.7. The predicted molar refractivity (Wildman–Crippen MR) is 106 cm³/mol. The van der Waals surface area contributed by atoms with E-state index in [4.69, 9.17) is 0 Å². The van der Waals surface area contributed by atoms with Gasteiger partial charge in [0.15, 0.2) is 0 Å². The van der Waals surface area contributed by atoms with E-state index in [2.05, 4.69) is 16.0 Å². The van der Waals surface area contributed by atoms with E-state index in [0.717, 1.165) is 17.7 Å². The number of para-hydroxylation sites is 1. The van der Waals surface area contributed by atoms with Gasteiger partial charge in [-0.2, -0.15) is 0 Å². The zero-order chi connectivity index (χ0) is 20.0. The van der Waals surface area contributed by atoms with E-state index in [-0.39, 0.29) is 36.4 Å². The lowest BCUT2D eigenvalue weighted by atomic mass is 9.85. The highest BCUT2D eigenvalue weighted by molar-refractivity contribution is 5.97. The predicted octanol–water partition coefficient (Wildman–Crippen LogP) is 2.13. The quantitative estimate of drug-likeness (QED) is 0.711. The molecule has 27 heavy (non-hydrogen) atoms. The minimum Gasteiger partial charge on any atom is -0.359 e. The number of benzene rings is 1. The number of rotatable bonds is 6. The molecule has 0 saturated carbocycles. The lowest BCUT2D eigenvalue weighted by Crippen LogP contribution is -2.50. The number of fused-ring (bicyclic) bond motifs is 1. The fourth-order valence-electron chi connectivity index (χ4n) is 3.34. The Morgan fingerprint density at radius 2 is 1.93 bits per heavy atom. The number of nitrogens with one attached hydrogen (secondary N) is 3. The van der Waals surface area contributed by atoms with Gasteiger partial charge in [0.2, 0.25) is 11.8 Å². The van der Waals surface area contributed by atoms with Gasteiger partial charge in [-0.1, -0.05) is 25.1 Å². The van der Waals surface area contributed by atoms with Gasteiger partial charge in [-0.15, -0.1) is 0 Å². The summed E-state index contributed by atoms with van der Waals surface area (Å²) in [6, 6.07) is 7.30. The standard InChI is InChI=1S/C20H30N4O3/c1-5-13(3)22-19(26)16-11-14(4)24(17-10-8-7-9-15(16)17)12-18(25)23-20(27)21-6-2/h7-10,13-14,16H,5-6,11-12H2,1-4H3,(H,22,26)(H2,21,23,25,27)/t13-,14+,16+/m0/s1. The number of hydrogen-bond donors (Lipinski definition) is 3. The molecule has 2 rings (SSSR count). The molecule has 1 aliphatic rings. The summed E-state index contributed by atoms with van der Waals surface area (Å²) in [6.07, 6.45) is 1.50. The van der Waals surface area contributed by atoms with Crippen LogP contribution in [0.4, 0.5) is 10.5 Å². The molecule has 7 heteroatoms. The number of urea groups is 1. The van der Waals surface area contributed by atoms with Crippen LogP contribution in [0.3, 0.4) is 0 Å². The molecule has 4 amide bonds. The van der Waals surface area contributed by atoms with Crippen molar-refractivity contribution < 1.29 is 14.4 Å². The van der Waals surface area contributed by atoms with Gasteiger partial charge in [-0.3, -0.25) is 14.9 Å². The fraction of sp³-hybridized carbons (Fsp3) is 0.550. The molecule has 0 aromatic heterocycles. The maximum Gasteiger partial charge on any atom is 0.321 e. The van der Waals surface area contributed by atoms with Crippen molar-refractivity contribution in [3.8, 4) is 0 Å². The van der Waals surface area contributed by atoms with Crippen LogP contribution in [0.5, 0.6) is 0 Å².